The number of ether oxygens (including phenoxy) is 1. The van der Waals surface area contributed by atoms with Crippen LogP contribution in [0.4, 0.5) is 0 Å². The van der Waals surface area contributed by atoms with E-state index in [1.807, 2.05) is 0 Å². The molecule has 0 aromatic heterocycles. The second-order valence-corrected chi connectivity index (χ2v) is 3.47. The van der Waals surface area contributed by atoms with Crippen LogP contribution in [0.25, 0.3) is 0 Å². The molecule has 1 N–H and O–H groups in total. The van der Waals surface area contributed by atoms with E-state index in [1.54, 1.807) is 6.92 Å². The Balaban J connectivity index is 0. The summed E-state index contributed by atoms with van der Waals surface area (Å²) in [6.07, 6.45) is 5.19. The number of aliphatic carboxylic acids is 1. The van der Waals surface area contributed by atoms with E-state index in [1.165, 1.54) is 0 Å². The van der Waals surface area contributed by atoms with Gasteiger partial charge in [0.2, 0.25) is 0 Å². The number of rotatable bonds is 9. The number of carbonyl (C=O) groups excluding carboxylic acids is 1. The first kappa shape index (κ1) is 17.6. The number of hydrogen-bond donors (Lipinski definition) is 1. The van der Waals surface area contributed by atoms with Gasteiger partial charge in [0, 0.05) is 12.8 Å². The SMILES string of the molecule is CCOC(=O)CCCCCCCC(=O)O.Cl. The molecule has 0 aromatic carbocycles. The van der Waals surface area contributed by atoms with Crippen molar-refractivity contribution in [1.82, 2.24) is 0 Å². The highest BCUT2D eigenvalue weighted by atomic mass is 35.5. The third kappa shape index (κ3) is 13.2. The average molecular weight is 253 g/mol. The molecule has 0 atom stereocenters. The minimum Gasteiger partial charge on any atom is -0.481 e. The second kappa shape index (κ2) is 12.3. The summed E-state index contributed by atoms with van der Waals surface area (Å²) >= 11 is 0. The van der Waals surface area contributed by atoms with Crippen molar-refractivity contribution in [2.24, 2.45) is 0 Å². The van der Waals surface area contributed by atoms with Gasteiger partial charge in [-0.3, -0.25) is 9.59 Å². The van der Waals surface area contributed by atoms with Gasteiger partial charge in [-0.2, -0.15) is 0 Å². The van der Waals surface area contributed by atoms with Crippen molar-refractivity contribution in [1.29, 1.82) is 0 Å². The highest BCUT2D eigenvalue weighted by Gasteiger charge is 2.01. The van der Waals surface area contributed by atoms with E-state index in [0.717, 1.165) is 32.1 Å². The number of carbonyl (C=O) groups is 2. The minimum atomic E-state index is -0.735. The highest BCUT2D eigenvalue weighted by molar-refractivity contribution is 5.85. The van der Waals surface area contributed by atoms with Crippen LogP contribution in [0.2, 0.25) is 0 Å². The Kier molecular flexibility index (Phi) is 13.5. The molecule has 0 fully saturated rings. The van der Waals surface area contributed by atoms with E-state index in [0.29, 0.717) is 13.0 Å². The molecule has 0 aliphatic heterocycles. The fourth-order valence-corrected chi connectivity index (χ4v) is 1.31. The van der Waals surface area contributed by atoms with Crippen LogP contribution in [-0.4, -0.2) is 23.7 Å². The van der Waals surface area contributed by atoms with Crippen LogP contribution >= 0.6 is 12.4 Å². The lowest BCUT2D eigenvalue weighted by atomic mass is 10.1. The van der Waals surface area contributed by atoms with Gasteiger partial charge >= 0.3 is 11.9 Å². The Hall–Kier alpha value is -0.770. The molecule has 0 saturated heterocycles. The largest absolute Gasteiger partial charge is 0.481 e. The number of halogens is 1. The predicted molar refractivity (Wildman–Crippen MR) is 63.8 cm³/mol. The van der Waals surface area contributed by atoms with Crippen LogP contribution in [0, 0.1) is 0 Å². The molecule has 0 aliphatic carbocycles. The number of unbranched alkanes of at least 4 members (excludes halogenated alkanes) is 4. The topological polar surface area (TPSA) is 63.6 Å². The molecule has 0 amide bonds. The van der Waals surface area contributed by atoms with Crippen LogP contribution in [-0.2, 0) is 14.3 Å². The van der Waals surface area contributed by atoms with Gasteiger partial charge in [-0.05, 0) is 19.8 Å². The molecule has 0 unspecified atom stereocenters. The van der Waals surface area contributed by atoms with Crippen molar-refractivity contribution < 1.29 is 19.4 Å². The molecule has 0 saturated carbocycles. The lowest BCUT2D eigenvalue weighted by Gasteiger charge is -2.01. The van der Waals surface area contributed by atoms with Gasteiger partial charge in [0.25, 0.3) is 0 Å². The molecule has 0 radical (unpaired) electrons. The van der Waals surface area contributed by atoms with Crippen LogP contribution in [0.15, 0.2) is 0 Å². The smallest absolute Gasteiger partial charge is 0.305 e. The van der Waals surface area contributed by atoms with Crippen LogP contribution in [0.3, 0.4) is 0 Å². The lowest BCUT2D eigenvalue weighted by Crippen LogP contribution is -2.03. The van der Waals surface area contributed by atoms with Gasteiger partial charge in [-0.15, -0.1) is 12.4 Å². The Morgan fingerprint density at radius 2 is 1.50 bits per heavy atom. The Labute approximate surface area is 103 Å². The summed E-state index contributed by atoms with van der Waals surface area (Å²) in [5.41, 5.74) is 0. The molecule has 0 heterocycles. The highest BCUT2D eigenvalue weighted by Crippen LogP contribution is 2.07. The van der Waals surface area contributed by atoms with Gasteiger partial charge in [-0.1, -0.05) is 19.3 Å². The van der Waals surface area contributed by atoms with E-state index in [2.05, 4.69) is 0 Å². The molecular weight excluding hydrogens is 232 g/mol. The van der Waals surface area contributed by atoms with Gasteiger partial charge in [-0.25, -0.2) is 0 Å². The van der Waals surface area contributed by atoms with Crippen LogP contribution in [0.5, 0.6) is 0 Å². The van der Waals surface area contributed by atoms with Crippen molar-refractivity contribution in [3.05, 3.63) is 0 Å². The van der Waals surface area contributed by atoms with E-state index in [-0.39, 0.29) is 24.8 Å². The molecule has 96 valence electrons. The van der Waals surface area contributed by atoms with Crippen LogP contribution in [0.1, 0.15) is 51.9 Å². The normalized spacial score (nSPS) is 9.31. The molecule has 16 heavy (non-hydrogen) atoms. The quantitative estimate of drug-likeness (QED) is 0.506. The first-order chi connectivity index (χ1) is 7.16. The molecule has 0 rings (SSSR count). The molecule has 0 aromatic rings. The zero-order chi connectivity index (χ0) is 11.5. The summed E-state index contributed by atoms with van der Waals surface area (Å²) in [4.78, 5) is 21.1. The molecule has 0 aliphatic rings. The summed E-state index contributed by atoms with van der Waals surface area (Å²) in [5.74, 6) is -0.871. The van der Waals surface area contributed by atoms with Crippen molar-refractivity contribution in [2.45, 2.75) is 51.9 Å². The zero-order valence-corrected chi connectivity index (χ0v) is 10.6. The standard InChI is InChI=1S/C11H20O4.ClH/c1-2-15-11(14)9-7-5-3-4-6-8-10(12)13;/h2-9H2,1H3,(H,12,13);1H. The molecule has 0 spiro atoms. The first-order valence-electron chi connectivity index (χ1n) is 5.54. The number of carboxylic acids is 1. The molecule has 4 nitrogen and oxygen atoms in total. The van der Waals surface area contributed by atoms with E-state index in [4.69, 9.17) is 9.84 Å². The zero-order valence-electron chi connectivity index (χ0n) is 9.74. The molecule has 0 bridgehead atoms. The van der Waals surface area contributed by atoms with Gasteiger partial charge in [0.05, 0.1) is 6.61 Å². The predicted octanol–water partition coefficient (Wildman–Crippen LogP) is 2.79. The Morgan fingerprint density at radius 1 is 1.00 bits per heavy atom. The fourth-order valence-electron chi connectivity index (χ4n) is 1.31. The average Bonchev–Trinajstić information content (AvgIpc) is 2.16. The maximum atomic E-state index is 10.9. The van der Waals surface area contributed by atoms with E-state index in [9.17, 15) is 9.59 Å². The number of hydrogen-bond acceptors (Lipinski definition) is 3. The minimum absolute atomic E-state index is 0. The molecular formula is C11H21ClO4. The number of esters is 1. The summed E-state index contributed by atoms with van der Waals surface area (Å²) in [5, 5.41) is 8.39. The second-order valence-electron chi connectivity index (χ2n) is 3.47. The van der Waals surface area contributed by atoms with E-state index >= 15 is 0 Å². The maximum Gasteiger partial charge on any atom is 0.305 e. The molecule has 5 heteroatoms. The Bertz CT molecular complexity index is 194. The third-order valence-electron chi connectivity index (χ3n) is 2.08. The Morgan fingerprint density at radius 3 is 2.00 bits per heavy atom. The van der Waals surface area contributed by atoms with Gasteiger partial charge in [0.15, 0.2) is 0 Å². The van der Waals surface area contributed by atoms with Crippen molar-refractivity contribution in [2.75, 3.05) is 6.61 Å². The van der Waals surface area contributed by atoms with Crippen molar-refractivity contribution >= 4 is 24.3 Å². The van der Waals surface area contributed by atoms with Crippen LogP contribution < -0.4 is 0 Å². The first-order valence-corrected chi connectivity index (χ1v) is 5.54. The third-order valence-corrected chi connectivity index (χ3v) is 2.08. The number of carboxylic acid groups (broad SMARTS) is 1. The van der Waals surface area contributed by atoms with Gasteiger partial charge < -0.3 is 9.84 Å². The maximum absolute atomic E-state index is 10.9. The summed E-state index contributed by atoms with van der Waals surface area (Å²) in [7, 11) is 0. The van der Waals surface area contributed by atoms with Crippen molar-refractivity contribution in [3.63, 3.8) is 0 Å². The fraction of sp³-hybridized carbons (Fsp3) is 0.818. The van der Waals surface area contributed by atoms with E-state index < -0.39 is 5.97 Å². The summed E-state index contributed by atoms with van der Waals surface area (Å²) < 4.78 is 4.78. The summed E-state index contributed by atoms with van der Waals surface area (Å²) in [6.45, 7) is 2.24. The monoisotopic (exact) mass is 252 g/mol. The van der Waals surface area contributed by atoms with Gasteiger partial charge in [0.1, 0.15) is 0 Å². The summed E-state index contributed by atoms with van der Waals surface area (Å²) in [6, 6.07) is 0. The lowest BCUT2D eigenvalue weighted by molar-refractivity contribution is -0.143. The van der Waals surface area contributed by atoms with Crippen molar-refractivity contribution in [3.8, 4) is 0 Å².